The van der Waals surface area contributed by atoms with E-state index < -0.39 is 15.8 Å². The molecule has 4 nitrogen and oxygen atoms in total. The molecule has 1 aromatic carbocycles. The number of nitrogens with one attached hydrogen (secondary N) is 1. The summed E-state index contributed by atoms with van der Waals surface area (Å²) >= 11 is 6.65. The number of hydrogen-bond donors (Lipinski definition) is 2. The summed E-state index contributed by atoms with van der Waals surface area (Å²) in [5.74, 6) is 4.51. The lowest BCUT2D eigenvalue weighted by atomic mass is 10.2. The number of rotatable bonds is 3. The molecule has 0 aliphatic carbocycles. The third kappa shape index (κ3) is 3.95. The van der Waals surface area contributed by atoms with Crippen molar-refractivity contribution < 1.29 is 12.8 Å². The first-order valence-electron chi connectivity index (χ1n) is 5.69. The predicted octanol–water partition coefficient (Wildman–Crippen LogP) is 2.65. The minimum Gasteiger partial charge on any atom is -0.320 e. The summed E-state index contributed by atoms with van der Waals surface area (Å²) in [5, 5.41) is 0. The average molecular weight is 345 g/mol. The van der Waals surface area contributed by atoms with Crippen LogP contribution in [0, 0.1) is 17.7 Å². The summed E-state index contributed by atoms with van der Waals surface area (Å²) < 4.78 is 40.5. The first-order chi connectivity index (χ1) is 9.92. The van der Waals surface area contributed by atoms with Crippen molar-refractivity contribution >= 4 is 38.6 Å². The van der Waals surface area contributed by atoms with Crippen LogP contribution in [-0.4, -0.2) is 15.0 Å². The van der Waals surface area contributed by atoms with E-state index in [1.165, 1.54) is 24.3 Å². The molecule has 0 aliphatic rings. The number of hydrogen-bond acceptors (Lipinski definition) is 4. The molecule has 1 aromatic heterocycles. The molecule has 0 spiro atoms. The quantitative estimate of drug-likeness (QED) is 0.841. The molecule has 0 fully saturated rings. The van der Waals surface area contributed by atoms with E-state index in [0.717, 1.165) is 17.4 Å². The van der Waals surface area contributed by atoms with Gasteiger partial charge in [-0.05, 0) is 30.3 Å². The number of nitrogens with two attached hydrogens (primary N) is 1. The lowest BCUT2D eigenvalue weighted by Crippen LogP contribution is -2.11. The molecule has 3 N–H and O–H groups in total. The van der Waals surface area contributed by atoms with Crippen LogP contribution < -0.4 is 10.5 Å². The zero-order valence-corrected chi connectivity index (χ0v) is 12.9. The molecule has 8 heteroatoms. The molecule has 110 valence electrons. The molecule has 2 aromatic rings. The molecule has 0 unspecified atom stereocenters. The fourth-order valence-electron chi connectivity index (χ4n) is 1.48. The van der Waals surface area contributed by atoms with Crippen LogP contribution in [0.25, 0.3) is 0 Å². The van der Waals surface area contributed by atoms with E-state index in [4.69, 9.17) is 17.3 Å². The van der Waals surface area contributed by atoms with Crippen LogP contribution in [0.4, 0.5) is 10.1 Å². The molecule has 2 rings (SSSR count). The fourth-order valence-corrected chi connectivity index (χ4v) is 4.01. The SMILES string of the molecule is NCC#Cc1cc(NS(=O)(=O)c2ccc(Cl)s2)ccc1F. The molecular formula is C13H10ClFN2O2S2. The molecule has 21 heavy (non-hydrogen) atoms. The van der Waals surface area contributed by atoms with Crippen molar-refractivity contribution in [3.8, 4) is 11.8 Å². The minimum absolute atomic E-state index is 0.0739. The first kappa shape index (κ1) is 15.8. The summed E-state index contributed by atoms with van der Waals surface area (Å²) in [7, 11) is -3.75. The molecule has 1 heterocycles. The van der Waals surface area contributed by atoms with E-state index in [1.54, 1.807) is 0 Å². The number of thiophene rings is 1. The van der Waals surface area contributed by atoms with Crippen molar-refractivity contribution in [2.75, 3.05) is 11.3 Å². The number of sulfonamides is 1. The second kappa shape index (κ2) is 6.45. The van der Waals surface area contributed by atoms with Gasteiger partial charge in [0.1, 0.15) is 10.0 Å². The Labute approximate surface area is 130 Å². The maximum absolute atomic E-state index is 13.5. The van der Waals surface area contributed by atoms with Crippen molar-refractivity contribution in [3.63, 3.8) is 0 Å². The fraction of sp³-hybridized carbons (Fsp3) is 0.0769. The Hall–Kier alpha value is -1.59. The summed E-state index contributed by atoms with van der Waals surface area (Å²) in [6.45, 7) is 0.0864. The van der Waals surface area contributed by atoms with Crippen molar-refractivity contribution in [2.45, 2.75) is 4.21 Å². The molecule has 0 radical (unpaired) electrons. The van der Waals surface area contributed by atoms with Crippen LogP contribution in [0.3, 0.4) is 0 Å². The largest absolute Gasteiger partial charge is 0.320 e. The molecule has 0 saturated heterocycles. The summed E-state index contributed by atoms with van der Waals surface area (Å²) in [4.78, 5) is 0. The van der Waals surface area contributed by atoms with Gasteiger partial charge in [0.05, 0.1) is 22.1 Å². The van der Waals surface area contributed by atoms with E-state index in [-0.39, 0.29) is 22.0 Å². The Morgan fingerprint density at radius 2 is 2.10 bits per heavy atom. The van der Waals surface area contributed by atoms with Crippen molar-refractivity contribution in [1.29, 1.82) is 0 Å². The van der Waals surface area contributed by atoms with E-state index in [0.29, 0.717) is 4.34 Å². The highest BCUT2D eigenvalue weighted by Crippen LogP contribution is 2.27. The van der Waals surface area contributed by atoms with Crippen LogP contribution >= 0.6 is 22.9 Å². The van der Waals surface area contributed by atoms with Gasteiger partial charge in [0.15, 0.2) is 0 Å². The van der Waals surface area contributed by atoms with Gasteiger partial charge >= 0.3 is 0 Å². The molecule has 0 saturated carbocycles. The second-order valence-corrected chi connectivity index (χ2v) is 7.49. The summed E-state index contributed by atoms with van der Waals surface area (Å²) in [6.07, 6.45) is 0. The highest BCUT2D eigenvalue weighted by Gasteiger charge is 2.17. The normalized spacial score (nSPS) is 10.8. The second-order valence-electron chi connectivity index (χ2n) is 3.86. The third-order valence-corrected chi connectivity index (χ3v) is 5.46. The van der Waals surface area contributed by atoms with Crippen LogP contribution in [0.1, 0.15) is 5.56 Å². The van der Waals surface area contributed by atoms with Gasteiger partial charge in [-0.1, -0.05) is 23.4 Å². The molecule has 0 amide bonds. The Kier molecular flexibility index (Phi) is 4.85. The van der Waals surface area contributed by atoms with E-state index in [9.17, 15) is 12.8 Å². The average Bonchev–Trinajstić information content (AvgIpc) is 2.86. The minimum atomic E-state index is -3.75. The van der Waals surface area contributed by atoms with Gasteiger partial charge in [0, 0.05) is 0 Å². The van der Waals surface area contributed by atoms with E-state index in [1.807, 2.05) is 0 Å². The summed E-state index contributed by atoms with van der Waals surface area (Å²) in [5.41, 5.74) is 5.51. The van der Waals surface area contributed by atoms with Crippen molar-refractivity contribution in [3.05, 3.63) is 46.0 Å². The van der Waals surface area contributed by atoms with Crippen molar-refractivity contribution in [1.82, 2.24) is 0 Å². The molecular weight excluding hydrogens is 335 g/mol. The van der Waals surface area contributed by atoms with Gasteiger partial charge in [0.25, 0.3) is 10.0 Å². The predicted molar refractivity (Wildman–Crippen MR) is 82.5 cm³/mol. The lowest BCUT2D eigenvalue weighted by molar-refractivity contribution is 0.603. The van der Waals surface area contributed by atoms with Gasteiger partial charge in [-0.25, -0.2) is 12.8 Å². The highest BCUT2D eigenvalue weighted by molar-refractivity contribution is 7.94. The Morgan fingerprint density at radius 3 is 2.71 bits per heavy atom. The van der Waals surface area contributed by atoms with E-state index in [2.05, 4.69) is 16.6 Å². The van der Waals surface area contributed by atoms with Gasteiger partial charge in [-0.2, -0.15) is 0 Å². The zero-order valence-electron chi connectivity index (χ0n) is 10.6. The van der Waals surface area contributed by atoms with Crippen LogP contribution in [0.2, 0.25) is 4.34 Å². The Balaban J connectivity index is 2.31. The van der Waals surface area contributed by atoms with Gasteiger partial charge in [-0.15, -0.1) is 11.3 Å². The highest BCUT2D eigenvalue weighted by atomic mass is 35.5. The number of anilines is 1. The molecule has 0 atom stereocenters. The molecule has 0 bridgehead atoms. The smallest absolute Gasteiger partial charge is 0.271 e. The van der Waals surface area contributed by atoms with E-state index >= 15 is 0 Å². The van der Waals surface area contributed by atoms with Gasteiger partial charge < -0.3 is 5.73 Å². The third-order valence-electron chi connectivity index (χ3n) is 2.36. The van der Waals surface area contributed by atoms with Crippen LogP contribution in [0.15, 0.2) is 34.5 Å². The van der Waals surface area contributed by atoms with Crippen molar-refractivity contribution in [2.24, 2.45) is 5.73 Å². The monoisotopic (exact) mass is 344 g/mol. The zero-order chi connectivity index (χ0) is 15.5. The van der Waals surface area contributed by atoms with Crippen LogP contribution in [-0.2, 0) is 10.0 Å². The molecule has 0 aliphatic heterocycles. The first-order valence-corrected chi connectivity index (χ1v) is 8.37. The maximum Gasteiger partial charge on any atom is 0.271 e. The van der Waals surface area contributed by atoms with Crippen LogP contribution in [0.5, 0.6) is 0 Å². The number of benzene rings is 1. The number of halogens is 2. The lowest BCUT2D eigenvalue weighted by Gasteiger charge is -2.07. The topological polar surface area (TPSA) is 72.2 Å². The maximum atomic E-state index is 13.5. The Bertz CT molecular complexity index is 822. The summed E-state index contributed by atoms with van der Waals surface area (Å²) in [6, 6.07) is 6.65. The van der Waals surface area contributed by atoms with Gasteiger partial charge in [0.2, 0.25) is 0 Å². The van der Waals surface area contributed by atoms with Gasteiger partial charge in [-0.3, -0.25) is 4.72 Å². The Morgan fingerprint density at radius 1 is 1.33 bits per heavy atom. The standard InChI is InChI=1S/C13H10ClFN2O2S2/c14-12-5-6-13(20-12)21(18,19)17-10-3-4-11(15)9(8-10)2-1-7-16/h3-6,8,17H,7,16H2.